The minimum Gasteiger partial charge on any atom is -0.0961 e. The molecule has 0 aromatic carbocycles. The molecular weight excluding hydrogens is 300 g/mol. The van der Waals surface area contributed by atoms with E-state index in [0.717, 1.165) is 23.8 Å². The number of rotatable bonds is 7. The van der Waals surface area contributed by atoms with Crippen LogP contribution >= 0.6 is 0 Å². The molecule has 0 nitrogen and oxygen atoms in total. The molecule has 1 saturated carbocycles. The van der Waals surface area contributed by atoms with Crippen molar-refractivity contribution in [1.82, 2.24) is 0 Å². The third kappa shape index (κ3) is 8.08. The Morgan fingerprint density at radius 3 is 2.76 bits per heavy atom. The second-order valence-corrected chi connectivity index (χ2v) is 8.19. The molecule has 0 N–H and O–H groups in total. The summed E-state index contributed by atoms with van der Waals surface area (Å²) < 4.78 is 0. The molecule has 0 aliphatic heterocycles. The average molecular weight is 339 g/mol. The zero-order valence-electron chi connectivity index (χ0n) is 16.6. The van der Waals surface area contributed by atoms with Crippen LogP contribution in [0.25, 0.3) is 0 Å². The molecule has 0 aromatic heterocycles. The lowest BCUT2D eigenvalue weighted by Gasteiger charge is -2.17. The second-order valence-electron chi connectivity index (χ2n) is 8.19. The Morgan fingerprint density at radius 2 is 1.96 bits per heavy atom. The quantitative estimate of drug-likeness (QED) is 0.250. The molecule has 0 heteroatoms. The van der Waals surface area contributed by atoms with Gasteiger partial charge in [0.2, 0.25) is 0 Å². The summed E-state index contributed by atoms with van der Waals surface area (Å²) >= 11 is 0. The van der Waals surface area contributed by atoms with Crippen molar-refractivity contribution in [2.24, 2.45) is 11.8 Å². The second kappa shape index (κ2) is 11.3. The molecule has 2 aliphatic rings. The highest BCUT2D eigenvalue weighted by Gasteiger charge is 2.20. The predicted molar refractivity (Wildman–Crippen MR) is 113 cm³/mol. The normalized spacial score (nSPS) is 25.5. The summed E-state index contributed by atoms with van der Waals surface area (Å²) in [5, 5.41) is 0. The van der Waals surface area contributed by atoms with Crippen LogP contribution in [-0.4, -0.2) is 0 Å². The van der Waals surface area contributed by atoms with E-state index < -0.39 is 0 Å². The fourth-order valence-corrected chi connectivity index (χ4v) is 4.34. The molecule has 2 unspecified atom stereocenters. The summed E-state index contributed by atoms with van der Waals surface area (Å²) in [6.07, 6.45) is 28.7. The highest BCUT2D eigenvalue weighted by atomic mass is 14.3. The fourth-order valence-electron chi connectivity index (χ4n) is 4.34. The van der Waals surface area contributed by atoms with E-state index in [4.69, 9.17) is 0 Å². The molecule has 0 aromatic rings. The SMILES string of the molecule is C=C(C)C=CCC(=CC)CC1CCCC(CC2=CC=CCCC2)CC1. The Labute approximate surface area is 156 Å². The predicted octanol–water partition coefficient (Wildman–Crippen LogP) is 8.10. The molecule has 0 bridgehead atoms. The maximum Gasteiger partial charge on any atom is -0.0136 e. The van der Waals surface area contributed by atoms with Gasteiger partial charge in [-0.2, -0.15) is 0 Å². The summed E-state index contributed by atoms with van der Waals surface area (Å²) in [5.74, 6) is 1.83. The lowest BCUT2D eigenvalue weighted by Crippen LogP contribution is -2.03. The first-order chi connectivity index (χ1) is 12.2. The molecule has 2 aliphatic carbocycles. The number of allylic oxidation sites excluding steroid dienone is 9. The van der Waals surface area contributed by atoms with Gasteiger partial charge in [0.15, 0.2) is 0 Å². The Hall–Kier alpha value is -1.30. The largest absolute Gasteiger partial charge is 0.0961 e. The van der Waals surface area contributed by atoms with E-state index in [2.05, 4.69) is 56.9 Å². The van der Waals surface area contributed by atoms with Crippen molar-refractivity contribution < 1.29 is 0 Å². The van der Waals surface area contributed by atoms with Gasteiger partial charge in [-0.25, -0.2) is 0 Å². The first-order valence-corrected chi connectivity index (χ1v) is 10.5. The van der Waals surface area contributed by atoms with Gasteiger partial charge in [-0.1, -0.05) is 79.0 Å². The zero-order valence-corrected chi connectivity index (χ0v) is 16.6. The summed E-state index contributed by atoms with van der Waals surface area (Å²) in [4.78, 5) is 0. The first kappa shape index (κ1) is 20.0. The summed E-state index contributed by atoms with van der Waals surface area (Å²) in [6, 6.07) is 0. The van der Waals surface area contributed by atoms with Crippen molar-refractivity contribution in [2.45, 2.75) is 84.5 Å². The van der Waals surface area contributed by atoms with Gasteiger partial charge < -0.3 is 0 Å². The Morgan fingerprint density at radius 1 is 1.16 bits per heavy atom. The van der Waals surface area contributed by atoms with Gasteiger partial charge in [0, 0.05) is 0 Å². The van der Waals surface area contributed by atoms with Crippen LogP contribution in [0.3, 0.4) is 0 Å². The third-order valence-electron chi connectivity index (χ3n) is 5.84. The average Bonchev–Trinajstić information content (AvgIpc) is 2.97. The molecule has 0 saturated heterocycles. The van der Waals surface area contributed by atoms with Gasteiger partial charge in [-0.05, 0) is 77.0 Å². The smallest absolute Gasteiger partial charge is 0.0136 e. The van der Waals surface area contributed by atoms with Gasteiger partial charge in [0.1, 0.15) is 0 Å². The zero-order chi connectivity index (χ0) is 17.9. The van der Waals surface area contributed by atoms with Crippen molar-refractivity contribution in [1.29, 1.82) is 0 Å². The Kier molecular flexibility index (Phi) is 9.08. The van der Waals surface area contributed by atoms with Gasteiger partial charge in [-0.3, -0.25) is 0 Å². The Balaban J connectivity index is 1.79. The van der Waals surface area contributed by atoms with Crippen LogP contribution < -0.4 is 0 Å². The molecule has 0 heterocycles. The van der Waals surface area contributed by atoms with E-state index in [0.29, 0.717) is 0 Å². The van der Waals surface area contributed by atoms with Crippen LogP contribution in [0.5, 0.6) is 0 Å². The highest BCUT2D eigenvalue weighted by Crippen LogP contribution is 2.35. The summed E-state index contributed by atoms with van der Waals surface area (Å²) in [5.41, 5.74) is 4.46. The molecular formula is C25H38. The van der Waals surface area contributed by atoms with Gasteiger partial charge >= 0.3 is 0 Å². The molecule has 25 heavy (non-hydrogen) atoms. The van der Waals surface area contributed by atoms with Gasteiger partial charge in [-0.15, -0.1) is 0 Å². The van der Waals surface area contributed by atoms with E-state index in [1.54, 1.807) is 11.1 Å². The molecule has 0 amide bonds. The van der Waals surface area contributed by atoms with E-state index in [-0.39, 0.29) is 0 Å². The molecule has 2 rings (SSSR count). The lowest BCUT2D eigenvalue weighted by atomic mass is 9.88. The highest BCUT2D eigenvalue weighted by molar-refractivity contribution is 5.16. The van der Waals surface area contributed by atoms with Crippen molar-refractivity contribution >= 4 is 0 Å². The summed E-state index contributed by atoms with van der Waals surface area (Å²) in [6.45, 7) is 8.22. The van der Waals surface area contributed by atoms with Crippen LogP contribution in [0.1, 0.15) is 84.5 Å². The van der Waals surface area contributed by atoms with E-state index >= 15 is 0 Å². The topological polar surface area (TPSA) is 0 Å². The van der Waals surface area contributed by atoms with Crippen molar-refractivity contribution in [3.8, 4) is 0 Å². The van der Waals surface area contributed by atoms with Crippen LogP contribution in [0.15, 0.2) is 59.8 Å². The maximum absolute atomic E-state index is 3.95. The van der Waals surface area contributed by atoms with Crippen molar-refractivity contribution in [2.75, 3.05) is 0 Å². The monoisotopic (exact) mass is 338 g/mol. The van der Waals surface area contributed by atoms with E-state index in [1.165, 1.54) is 64.2 Å². The first-order valence-electron chi connectivity index (χ1n) is 10.5. The lowest BCUT2D eigenvalue weighted by molar-refractivity contribution is 0.421. The van der Waals surface area contributed by atoms with E-state index in [9.17, 15) is 0 Å². The fraction of sp³-hybridized carbons (Fsp3) is 0.600. The van der Waals surface area contributed by atoms with Crippen LogP contribution in [-0.2, 0) is 0 Å². The van der Waals surface area contributed by atoms with Crippen molar-refractivity contribution in [3.05, 3.63) is 59.8 Å². The molecule has 0 radical (unpaired) electrons. The standard InChI is InChI=1S/C25H38/c1-4-22(14-9-11-21(2)3)19-24-15-10-16-25(18-17-24)20-23-12-7-5-6-8-13-23/h4-5,7,9,11-12,24-25H,2,6,8,10,13-20H2,1,3H3. The maximum atomic E-state index is 3.95. The van der Waals surface area contributed by atoms with E-state index in [1.807, 2.05) is 0 Å². The molecule has 138 valence electrons. The molecule has 2 atom stereocenters. The third-order valence-corrected chi connectivity index (χ3v) is 5.84. The molecule has 1 fully saturated rings. The number of hydrogen-bond acceptors (Lipinski definition) is 0. The Bertz CT molecular complexity index is 526. The van der Waals surface area contributed by atoms with Gasteiger partial charge in [0.05, 0.1) is 0 Å². The van der Waals surface area contributed by atoms with Crippen molar-refractivity contribution in [3.63, 3.8) is 0 Å². The summed E-state index contributed by atoms with van der Waals surface area (Å²) in [7, 11) is 0. The van der Waals surface area contributed by atoms with Crippen LogP contribution in [0.2, 0.25) is 0 Å². The van der Waals surface area contributed by atoms with Gasteiger partial charge in [0.25, 0.3) is 0 Å². The van der Waals surface area contributed by atoms with Crippen LogP contribution in [0, 0.1) is 11.8 Å². The minimum atomic E-state index is 0.900. The molecule has 0 spiro atoms. The number of hydrogen-bond donors (Lipinski definition) is 0. The van der Waals surface area contributed by atoms with Crippen LogP contribution in [0.4, 0.5) is 0 Å². The minimum absolute atomic E-state index is 0.900.